The highest BCUT2D eigenvalue weighted by Gasteiger charge is 2.11. The summed E-state index contributed by atoms with van der Waals surface area (Å²) in [5.41, 5.74) is 3.45. The summed E-state index contributed by atoms with van der Waals surface area (Å²) >= 11 is 0.999. The van der Waals surface area contributed by atoms with Crippen LogP contribution in [0, 0.1) is 12.7 Å². The van der Waals surface area contributed by atoms with Gasteiger partial charge in [-0.15, -0.1) is 5.10 Å². The van der Waals surface area contributed by atoms with E-state index < -0.39 is 0 Å². The average molecular weight is 264 g/mol. The van der Waals surface area contributed by atoms with Crippen molar-refractivity contribution < 1.29 is 9.18 Å². The van der Waals surface area contributed by atoms with Crippen molar-refractivity contribution in [3.8, 4) is 0 Å². The number of carbonyl (C=O) groups excluding carboxylic acids is 1. The van der Waals surface area contributed by atoms with Crippen molar-refractivity contribution in [1.29, 1.82) is 0 Å². The number of carbonyl (C=O) groups is 1. The minimum Gasteiger partial charge on any atom is -0.266 e. The molecule has 1 amide bonds. The fourth-order valence-electron chi connectivity index (χ4n) is 1.24. The average Bonchev–Trinajstić information content (AvgIpc) is 2.75. The molecule has 0 unspecified atom stereocenters. The van der Waals surface area contributed by atoms with Gasteiger partial charge in [-0.1, -0.05) is 16.6 Å². The van der Waals surface area contributed by atoms with Gasteiger partial charge in [0.1, 0.15) is 10.7 Å². The van der Waals surface area contributed by atoms with Gasteiger partial charge in [0.05, 0.1) is 11.9 Å². The van der Waals surface area contributed by atoms with Crippen LogP contribution in [0.1, 0.15) is 20.9 Å². The summed E-state index contributed by atoms with van der Waals surface area (Å²) in [6, 6.07) is 5.89. The van der Waals surface area contributed by atoms with Gasteiger partial charge in [0.2, 0.25) is 0 Å². The van der Waals surface area contributed by atoms with Crippen LogP contribution < -0.4 is 5.43 Å². The van der Waals surface area contributed by atoms with Gasteiger partial charge in [-0.25, -0.2) is 9.82 Å². The molecule has 0 aliphatic rings. The van der Waals surface area contributed by atoms with E-state index in [1.807, 2.05) is 0 Å². The van der Waals surface area contributed by atoms with Crippen LogP contribution in [0.2, 0.25) is 0 Å². The molecule has 1 aromatic carbocycles. The Kier molecular flexibility index (Phi) is 3.73. The van der Waals surface area contributed by atoms with Crippen molar-refractivity contribution >= 4 is 23.7 Å². The molecule has 0 fully saturated rings. The summed E-state index contributed by atoms with van der Waals surface area (Å²) < 4.78 is 16.5. The van der Waals surface area contributed by atoms with Crippen molar-refractivity contribution in [1.82, 2.24) is 15.0 Å². The molecule has 5 nitrogen and oxygen atoms in total. The molecule has 0 aliphatic heterocycles. The Labute approximate surface area is 107 Å². The monoisotopic (exact) mass is 264 g/mol. The Morgan fingerprint density at radius 2 is 2.39 bits per heavy atom. The number of nitrogens with one attached hydrogen (secondary N) is 1. The van der Waals surface area contributed by atoms with Crippen LogP contribution in [-0.2, 0) is 0 Å². The van der Waals surface area contributed by atoms with E-state index in [9.17, 15) is 9.18 Å². The lowest BCUT2D eigenvalue weighted by molar-refractivity contribution is 0.0958. The summed E-state index contributed by atoms with van der Waals surface area (Å²) in [4.78, 5) is 12.0. The Hall–Kier alpha value is -2.15. The first-order valence-corrected chi connectivity index (χ1v) is 5.82. The molecule has 1 aromatic heterocycles. The molecule has 0 aliphatic carbocycles. The fourth-order valence-corrected chi connectivity index (χ4v) is 1.79. The number of aryl methyl sites for hydroxylation is 1. The highest BCUT2D eigenvalue weighted by Crippen LogP contribution is 2.08. The van der Waals surface area contributed by atoms with Crippen LogP contribution >= 0.6 is 11.5 Å². The summed E-state index contributed by atoms with van der Waals surface area (Å²) in [5.74, 6) is -0.733. The smallest absolute Gasteiger partial charge is 0.266 e. The topological polar surface area (TPSA) is 67.2 Å². The molecule has 0 saturated heterocycles. The highest BCUT2D eigenvalue weighted by molar-refractivity contribution is 7.07. The molecule has 2 rings (SSSR count). The van der Waals surface area contributed by atoms with Gasteiger partial charge in [0, 0.05) is 0 Å². The van der Waals surface area contributed by atoms with Crippen LogP contribution in [0.25, 0.3) is 0 Å². The van der Waals surface area contributed by atoms with Gasteiger partial charge in [-0.3, -0.25) is 4.79 Å². The van der Waals surface area contributed by atoms with Crippen LogP contribution in [0.4, 0.5) is 4.39 Å². The maximum atomic E-state index is 12.9. The van der Waals surface area contributed by atoms with Crippen LogP contribution in [0.5, 0.6) is 0 Å². The second-order valence-corrected chi connectivity index (χ2v) is 4.20. The van der Waals surface area contributed by atoms with E-state index >= 15 is 0 Å². The summed E-state index contributed by atoms with van der Waals surface area (Å²) in [7, 11) is 0. The molecule has 2 aromatic rings. The van der Waals surface area contributed by atoms with Crippen molar-refractivity contribution in [3.05, 3.63) is 46.2 Å². The van der Waals surface area contributed by atoms with E-state index in [0.29, 0.717) is 16.1 Å². The van der Waals surface area contributed by atoms with E-state index in [0.717, 1.165) is 11.5 Å². The molecular formula is C11H9FN4OS. The predicted octanol–water partition coefficient (Wildman–Crippen LogP) is 1.75. The molecule has 18 heavy (non-hydrogen) atoms. The number of benzene rings is 1. The SMILES string of the molecule is Cc1nnsc1C(=O)N/N=C\c1cccc(F)c1. The maximum absolute atomic E-state index is 12.9. The Morgan fingerprint density at radius 3 is 3.06 bits per heavy atom. The second kappa shape index (κ2) is 5.46. The lowest BCUT2D eigenvalue weighted by atomic mass is 10.2. The number of hydrazone groups is 1. The third-order valence-corrected chi connectivity index (χ3v) is 2.91. The molecule has 7 heteroatoms. The summed E-state index contributed by atoms with van der Waals surface area (Å²) in [6.45, 7) is 1.69. The highest BCUT2D eigenvalue weighted by atomic mass is 32.1. The van der Waals surface area contributed by atoms with E-state index in [2.05, 4.69) is 20.1 Å². The number of nitrogens with zero attached hydrogens (tertiary/aromatic N) is 3. The number of amides is 1. The first kappa shape index (κ1) is 12.3. The van der Waals surface area contributed by atoms with E-state index in [1.165, 1.54) is 18.3 Å². The number of halogens is 1. The molecule has 92 valence electrons. The zero-order valence-electron chi connectivity index (χ0n) is 9.42. The molecule has 1 heterocycles. The summed E-state index contributed by atoms with van der Waals surface area (Å²) in [6.07, 6.45) is 1.37. The number of hydrogen-bond acceptors (Lipinski definition) is 5. The second-order valence-electron chi connectivity index (χ2n) is 3.44. The number of aromatic nitrogens is 2. The first-order chi connectivity index (χ1) is 8.66. The van der Waals surface area contributed by atoms with Crippen LogP contribution in [-0.4, -0.2) is 21.7 Å². The van der Waals surface area contributed by atoms with Crippen molar-refractivity contribution in [2.24, 2.45) is 5.10 Å². The van der Waals surface area contributed by atoms with Gasteiger partial charge >= 0.3 is 0 Å². The largest absolute Gasteiger partial charge is 0.285 e. The van der Waals surface area contributed by atoms with Gasteiger partial charge in [0.25, 0.3) is 5.91 Å². The van der Waals surface area contributed by atoms with Crippen molar-refractivity contribution in [3.63, 3.8) is 0 Å². The van der Waals surface area contributed by atoms with Gasteiger partial charge < -0.3 is 0 Å². The van der Waals surface area contributed by atoms with Gasteiger partial charge in [-0.05, 0) is 36.2 Å². The molecule has 0 saturated carbocycles. The molecular weight excluding hydrogens is 255 g/mol. The molecule has 0 spiro atoms. The summed E-state index contributed by atoms with van der Waals surface area (Å²) in [5, 5.41) is 7.46. The van der Waals surface area contributed by atoms with Crippen LogP contribution in [0.3, 0.4) is 0 Å². The Balaban J connectivity index is 2.00. The molecule has 1 N–H and O–H groups in total. The number of rotatable bonds is 3. The third kappa shape index (κ3) is 2.95. The van der Waals surface area contributed by atoms with Crippen LogP contribution in [0.15, 0.2) is 29.4 Å². The normalized spacial score (nSPS) is 10.8. The molecule has 0 radical (unpaired) electrons. The van der Waals surface area contributed by atoms with E-state index in [1.54, 1.807) is 19.1 Å². The fraction of sp³-hybridized carbons (Fsp3) is 0.0909. The maximum Gasteiger partial charge on any atom is 0.285 e. The van der Waals surface area contributed by atoms with Crippen molar-refractivity contribution in [2.75, 3.05) is 0 Å². The Morgan fingerprint density at radius 1 is 1.56 bits per heavy atom. The predicted molar refractivity (Wildman–Crippen MR) is 66.1 cm³/mol. The zero-order chi connectivity index (χ0) is 13.0. The zero-order valence-corrected chi connectivity index (χ0v) is 10.2. The third-order valence-electron chi connectivity index (χ3n) is 2.09. The first-order valence-electron chi connectivity index (χ1n) is 5.05. The minimum atomic E-state index is -0.379. The molecule has 0 bridgehead atoms. The number of hydrogen-bond donors (Lipinski definition) is 1. The Bertz CT molecular complexity index is 596. The molecule has 0 atom stereocenters. The van der Waals surface area contributed by atoms with Gasteiger partial charge in [-0.2, -0.15) is 5.10 Å². The lowest BCUT2D eigenvalue weighted by Crippen LogP contribution is -2.17. The van der Waals surface area contributed by atoms with E-state index in [4.69, 9.17) is 0 Å². The van der Waals surface area contributed by atoms with E-state index in [-0.39, 0.29) is 11.7 Å². The minimum absolute atomic E-state index is 0.354. The van der Waals surface area contributed by atoms with Gasteiger partial charge in [0.15, 0.2) is 0 Å². The van der Waals surface area contributed by atoms with Crippen molar-refractivity contribution in [2.45, 2.75) is 6.92 Å². The standard InChI is InChI=1S/C11H9FN4OS/c1-7-10(18-16-14-7)11(17)15-13-6-8-3-2-4-9(12)5-8/h2-6H,1H3,(H,15,17)/b13-6-. The quantitative estimate of drug-likeness (QED) is 0.678. The lowest BCUT2D eigenvalue weighted by Gasteiger charge is -1.96.